The van der Waals surface area contributed by atoms with E-state index in [0.29, 0.717) is 45.3 Å². The van der Waals surface area contributed by atoms with Crippen LogP contribution in [0.5, 0.6) is 11.8 Å². The highest BCUT2D eigenvalue weighted by Gasteiger charge is 2.26. The number of pyridine rings is 2. The summed E-state index contributed by atoms with van der Waals surface area (Å²) < 4.78 is 10.8. The zero-order valence-corrected chi connectivity index (χ0v) is 39.4. The second kappa shape index (κ2) is 22.6. The molecule has 0 aliphatic carbocycles. The van der Waals surface area contributed by atoms with Gasteiger partial charge in [-0.05, 0) is 129 Å². The van der Waals surface area contributed by atoms with Crippen LogP contribution in [-0.4, -0.2) is 73.7 Å². The van der Waals surface area contributed by atoms with Crippen molar-refractivity contribution in [2.24, 2.45) is 5.41 Å². The molecule has 68 heavy (non-hydrogen) atoms. The Balaban J connectivity index is 0.000000201. The average Bonchev–Trinajstić information content (AvgIpc) is 3.37. The molecule has 2 aliphatic heterocycles. The SMILES string of the molecule is CCC1CCCCN1c1ccc(C(=O)Nc2ccnc(OC(=O)N(C)c3ccccc3)c2)cc1.CN(C(=O)Oc1cc(NC(=O)c2ccc(N3CCC(C)(C)CC3)cc2)ccn1)c1ccccc1. The Kier molecular flexibility index (Phi) is 16.0. The first kappa shape index (κ1) is 48.2. The van der Waals surface area contributed by atoms with Crippen LogP contribution in [0.1, 0.15) is 80.0 Å². The zero-order valence-electron chi connectivity index (χ0n) is 39.4. The molecular weight excluding hydrogens is 857 g/mol. The molecule has 0 bridgehead atoms. The van der Waals surface area contributed by atoms with Crippen LogP contribution in [-0.2, 0) is 0 Å². The van der Waals surface area contributed by atoms with E-state index in [1.54, 1.807) is 26.2 Å². The molecule has 6 aromatic rings. The van der Waals surface area contributed by atoms with Crippen molar-refractivity contribution in [1.82, 2.24) is 9.97 Å². The summed E-state index contributed by atoms with van der Waals surface area (Å²) in [4.78, 5) is 66.2. The van der Waals surface area contributed by atoms with Crippen molar-refractivity contribution in [1.29, 1.82) is 0 Å². The smallest absolute Gasteiger partial charge is 0.391 e. The van der Waals surface area contributed by atoms with Gasteiger partial charge in [0.1, 0.15) is 0 Å². The number of aromatic nitrogens is 2. The predicted molar refractivity (Wildman–Crippen MR) is 270 cm³/mol. The van der Waals surface area contributed by atoms with Crippen LogP contribution >= 0.6 is 0 Å². The molecule has 2 fully saturated rings. The Hall–Kier alpha value is -7.74. The van der Waals surface area contributed by atoms with Gasteiger partial charge >= 0.3 is 12.2 Å². The van der Waals surface area contributed by atoms with Crippen LogP contribution in [0.15, 0.2) is 146 Å². The number of hydrogen-bond acceptors (Lipinski definition) is 10. The molecule has 0 radical (unpaired) electrons. The maximum Gasteiger partial charge on any atom is 0.420 e. The van der Waals surface area contributed by atoms with E-state index in [9.17, 15) is 19.2 Å². The molecule has 1 unspecified atom stereocenters. The largest absolute Gasteiger partial charge is 0.420 e. The molecule has 14 nitrogen and oxygen atoms in total. The van der Waals surface area contributed by atoms with Crippen LogP contribution in [0.3, 0.4) is 0 Å². The molecule has 0 saturated carbocycles. The molecule has 4 amide bonds. The third-order valence-electron chi connectivity index (χ3n) is 12.4. The van der Waals surface area contributed by atoms with Crippen LogP contribution in [0.4, 0.5) is 43.7 Å². The number of nitrogens with zero attached hydrogens (tertiary/aromatic N) is 6. The zero-order chi connectivity index (χ0) is 48.0. The number of hydrogen-bond donors (Lipinski definition) is 2. The summed E-state index contributed by atoms with van der Waals surface area (Å²) in [5, 5.41) is 5.70. The van der Waals surface area contributed by atoms with E-state index >= 15 is 0 Å². The third-order valence-corrected chi connectivity index (χ3v) is 12.4. The van der Waals surface area contributed by atoms with E-state index in [0.717, 1.165) is 50.3 Å². The van der Waals surface area contributed by atoms with E-state index in [2.05, 4.69) is 51.2 Å². The number of amides is 4. The minimum Gasteiger partial charge on any atom is -0.391 e. The summed E-state index contributed by atoms with van der Waals surface area (Å²) in [6, 6.07) is 40.7. The first-order valence-corrected chi connectivity index (χ1v) is 23.1. The molecule has 352 valence electrons. The third kappa shape index (κ3) is 13.0. The summed E-state index contributed by atoms with van der Waals surface area (Å²) in [5.74, 6) is -0.260. The van der Waals surface area contributed by atoms with Gasteiger partial charge in [0.05, 0.1) is 0 Å². The Bertz CT molecular complexity index is 2620. The molecule has 4 heterocycles. The maximum absolute atomic E-state index is 12.8. The van der Waals surface area contributed by atoms with Crippen LogP contribution < -0.4 is 39.7 Å². The minimum atomic E-state index is -0.570. The second-order valence-electron chi connectivity index (χ2n) is 17.7. The first-order chi connectivity index (χ1) is 32.9. The van der Waals surface area contributed by atoms with E-state index < -0.39 is 12.2 Å². The lowest BCUT2D eigenvalue weighted by Gasteiger charge is -2.38. The molecule has 14 heteroatoms. The molecule has 2 aliphatic rings. The van der Waals surface area contributed by atoms with Crippen LogP contribution in [0.2, 0.25) is 0 Å². The number of carbonyl (C=O) groups is 4. The predicted octanol–water partition coefficient (Wildman–Crippen LogP) is 11.3. The number of benzene rings is 4. The monoisotopic (exact) mass is 916 g/mol. The van der Waals surface area contributed by atoms with Crippen molar-refractivity contribution in [3.8, 4) is 11.8 Å². The fourth-order valence-corrected chi connectivity index (χ4v) is 8.09. The summed E-state index contributed by atoms with van der Waals surface area (Å²) in [6.45, 7) is 9.95. The quantitative estimate of drug-likeness (QED) is 0.129. The highest BCUT2D eigenvalue weighted by atomic mass is 16.6. The van der Waals surface area contributed by atoms with E-state index in [1.807, 2.05) is 109 Å². The first-order valence-electron chi connectivity index (χ1n) is 23.1. The molecule has 0 spiro atoms. The lowest BCUT2D eigenvalue weighted by Crippen LogP contribution is -2.39. The minimum absolute atomic E-state index is 0.106. The van der Waals surface area contributed by atoms with Gasteiger partial charge in [-0.25, -0.2) is 19.6 Å². The van der Waals surface area contributed by atoms with Crippen molar-refractivity contribution in [2.75, 3.05) is 64.0 Å². The van der Waals surface area contributed by atoms with Gasteiger partial charge in [0.25, 0.3) is 11.8 Å². The second-order valence-corrected chi connectivity index (χ2v) is 17.7. The van der Waals surface area contributed by atoms with Gasteiger partial charge in [0, 0.05) is 110 Å². The summed E-state index contributed by atoms with van der Waals surface area (Å²) in [5.41, 5.74) is 6.20. The van der Waals surface area contributed by atoms with E-state index in [4.69, 9.17) is 9.47 Å². The summed E-state index contributed by atoms with van der Waals surface area (Å²) >= 11 is 0. The number of anilines is 6. The van der Waals surface area contributed by atoms with Crippen LogP contribution in [0, 0.1) is 5.41 Å². The molecule has 4 aromatic carbocycles. The van der Waals surface area contributed by atoms with Crippen molar-refractivity contribution in [2.45, 2.75) is 65.3 Å². The summed E-state index contributed by atoms with van der Waals surface area (Å²) in [6.07, 6.45) is 8.98. The molecule has 1 atom stereocenters. The lowest BCUT2D eigenvalue weighted by atomic mass is 9.82. The highest BCUT2D eigenvalue weighted by molar-refractivity contribution is 6.05. The fraction of sp³-hybridized carbons (Fsp3) is 0.296. The number of carbonyl (C=O) groups excluding carboxylic acids is 4. The fourth-order valence-electron chi connectivity index (χ4n) is 8.09. The normalized spacial score (nSPS) is 15.2. The summed E-state index contributed by atoms with van der Waals surface area (Å²) in [7, 11) is 3.25. The van der Waals surface area contributed by atoms with Crippen LogP contribution in [0.25, 0.3) is 0 Å². The Labute approximate surface area is 398 Å². The number of rotatable bonds is 11. The molecule has 2 aromatic heterocycles. The Morgan fingerprint density at radius 2 is 1.07 bits per heavy atom. The standard InChI is InChI=1S/2C27H30N4O3/c1-27(2)14-17-31(18-15-27)23-11-9-20(10-12-23)25(32)29-21-13-16-28-24(19-21)34-26(33)30(3)22-7-5-4-6-8-22;1-3-22-9-7-8-18-31(22)24-14-12-20(13-15-24)26(32)29-21-16-17-28-25(19-21)34-27(33)30(2)23-10-5-4-6-11-23/h4-13,16,19H,14-15,17-18H2,1-3H3,(H,28,29,32);4-6,10-17,19,22H,3,7-9,18H2,1-2H3,(H,28,29,32). The molecule has 2 saturated heterocycles. The van der Waals surface area contributed by atoms with Crippen molar-refractivity contribution in [3.05, 3.63) is 157 Å². The maximum atomic E-state index is 12.8. The van der Waals surface area contributed by atoms with Crippen molar-refractivity contribution < 1.29 is 28.7 Å². The number of piperidine rings is 2. The Morgan fingerprint density at radius 1 is 0.618 bits per heavy atom. The lowest BCUT2D eigenvalue weighted by molar-refractivity contribution is 0.101. The molecular formula is C54H60N8O6. The van der Waals surface area contributed by atoms with Gasteiger partial charge in [0.2, 0.25) is 11.8 Å². The average molecular weight is 917 g/mol. The Morgan fingerprint density at radius 3 is 1.53 bits per heavy atom. The van der Waals surface area contributed by atoms with E-state index in [-0.39, 0.29) is 23.6 Å². The van der Waals surface area contributed by atoms with Crippen molar-refractivity contribution in [3.63, 3.8) is 0 Å². The number of nitrogens with one attached hydrogen (secondary N) is 2. The van der Waals surface area contributed by atoms with Gasteiger partial charge in [-0.1, -0.05) is 57.2 Å². The van der Waals surface area contributed by atoms with Gasteiger partial charge < -0.3 is 29.9 Å². The number of para-hydroxylation sites is 2. The van der Waals surface area contributed by atoms with Gasteiger partial charge in [0.15, 0.2) is 0 Å². The molecule has 8 rings (SSSR count). The topological polar surface area (TPSA) is 150 Å². The van der Waals surface area contributed by atoms with Crippen molar-refractivity contribution >= 4 is 58.1 Å². The van der Waals surface area contributed by atoms with E-state index in [1.165, 1.54) is 53.6 Å². The van der Waals surface area contributed by atoms with Gasteiger partial charge in [-0.3, -0.25) is 19.4 Å². The highest BCUT2D eigenvalue weighted by Crippen LogP contribution is 2.33. The number of ether oxygens (including phenoxy) is 2. The molecule has 2 N–H and O–H groups in total. The van der Waals surface area contributed by atoms with Gasteiger partial charge in [-0.2, -0.15) is 0 Å². The van der Waals surface area contributed by atoms with Gasteiger partial charge in [-0.15, -0.1) is 0 Å².